The molecule has 96 valence electrons. The second-order valence-electron chi connectivity index (χ2n) is 3.91. The van der Waals surface area contributed by atoms with E-state index in [1.807, 2.05) is 6.07 Å². The van der Waals surface area contributed by atoms with Crippen LogP contribution in [-0.4, -0.2) is 25.0 Å². The molecule has 1 aromatic carbocycles. The maximum Gasteiger partial charge on any atom is 0.162 e. The number of aromatic nitrogens is 4. The van der Waals surface area contributed by atoms with Crippen molar-refractivity contribution in [3.63, 3.8) is 0 Å². The molecule has 0 bridgehead atoms. The van der Waals surface area contributed by atoms with Crippen LogP contribution in [0.3, 0.4) is 0 Å². The minimum absolute atomic E-state index is 0.231. The molecule has 2 heterocycles. The van der Waals surface area contributed by atoms with Crippen molar-refractivity contribution in [3.05, 3.63) is 40.9 Å². The Balaban J connectivity index is 1.88. The van der Waals surface area contributed by atoms with Crippen LogP contribution in [0.25, 0.3) is 11.2 Å². The van der Waals surface area contributed by atoms with Gasteiger partial charge in [0, 0.05) is 16.6 Å². The highest BCUT2D eigenvalue weighted by molar-refractivity contribution is 9.10. The largest absolute Gasteiger partial charge is 0.508 e. The van der Waals surface area contributed by atoms with Crippen molar-refractivity contribution in [3.8, 4) is 5.75 Å². The summed E-state index contributed by atoms with van der Waals surface area (Å²) in [4.78, 5) is 15.3. The van der Waals surface area contributed by atoms with E-state index in [0.717, 1.165) is 10.0 Å². The summed E-state index contributed by atoms with van der Waals surface area (Å²) < 4.78 is 0.840. The van der Waals surface area contributed by atoms with Crippen LogP contribution >= 0.6 is 15.9 Å². The van der Waals surface area contributed by atoms with Gasteiger partial charge in [0.2, 0.25) is 0 Å². The zero-order chi connectivity index (χ0) is 13.2. The van der Waals surface area contributed by atoms with Gasteiger partial charge in [0.1, 0.15) is 17.6 Å². The van der Waals surface area contributed by atoms with Gasteiger partial charge in [-0.15, -0.1) is 0 Å². The van der Waals surface area contributed by atoms with E-state index in [9.17, 15) is 5.11 Å². The first kappa shape index (κ1) is 11.9. The normalized spacial score (nSPS) is 10.8. The Morgan fingerprint density at radius 3 is 3.00 bits per heavy atom. The van der Waals surface area contributed by atoms with Gasteiger partial charge in [0.05, 0.1) is 6.33 Å². The molecule has 3 aromatic rings. The van der Waals surface area contributed by atoms with Crippen LogP contribution in [-0.2, 0) is 6.54 Å². The van der Waals surface area contributed by atoms with Crippen molar-refractivity contribution >= 4 is 32.9 Å². The molecule has 0 aliphatic heterocycles. The average molecular weight is 320 g/mol. The molecule has 0 spiro atoms. The summed E-state index contributed by atoms with van der Waals surface area (Å²) in [5.41, 5.74) is 2.12. The molecule has 6 nitrogen and oxygen atoms in total. The number of anilines is 1. The lowest BCUT2D eigenvalue weighted by atomic mass is 10.2. The number of benzene rings is 1. The number of aromatic hydroxyl groups is 1. The lowest BCUT2D eigenvalue weighted by Gasteiger charge is -2.09. The van der Waals surface area contributed by atoms with Crippen LogP contribution in [0.5, 0.6) is 5.75 Å². The first-order valence-electron chi connectivity index (χ1n) is 5.60. The van der Waals surface area contributed by atoms with Gasteiger partial charge in [0.25, 0.3) is 0 Å². The third-order valence-electron chi connectivity index (χ3n) is 2.74. The van der Waals surface area contributed by atoms with Gasteiger partial charge in [0.15, 0.2) is 11.5 Å². The number of H-pyrrole nitrogens is 1. The van der Waals surface area contributed by atoms with Gasteiger partial charge >= 0.3 is 0 Å². The first-order chi connectivity index (χ1) is 9.25. The molecular weight excluding hydrogens is 310 g/mol. The third kappa shape index (κ3) is 2.24. The number of hydrogen-bond acceptors (Lipinski definition) is 5. The molecule has 0 aliphatic carbocycles. The lowest BCUT2D eigenvalue weighted by molar-refractivity contribution is 0.468. The van der Waals surface area contributed by atoms with Crippen molar-refractivity contribution in [2.45, 2.75) is 6.54 Å². The number of phenolic OH excluding ortho intramolecular Hbond substituents is 1. The Morgan fingerprint density at radius 2 is 2.16 bits per heavy atom. The number of halogens is 1. The summed E-state index contributed by atoms with van der Waals surface area (Å²) in [6, 6.07) is 5.30. The average Bonchev–Trinajstić information content (AvgIpc) is 2.87. The van der Waals surface area contributed by atoms with Gasteiger partial charge in [-0.1, -0.05) is 22.0 Å². The maximum absolute atomic E-state index is 9.82. The Kier molecular flexibility index (Phi) is 3.04. The molecule has 0 radical (unpaired) electrons. The Hall–Kier alpha value is -2.15. The highest BCUT2D eigenvalue weighted by Crippen LogP contribution is 2.26. The summed E-state index contributed by atoms with van der Waals surface area (Å²) in [5, 5.41) is 13.0. The Morgan fingerprint density at radius 1 is 1.26 bits per heavy atom. The summed E-state index contributed by atoms with van der Waals surface area (Å²) in [6.07, 6.45) is 3.03. The molecule has 0 atom stereocenters. The molecule has 19 heavy (non-hydrogen) atoms. The number of nitrogens with one attached hydrogen (secondary N) is 2. The summed E-state index contributed by atoms with van der Waals surface area (Å²) in [7, 11) is 0. The lowest BCUT2D eigenvalue weighted by Crippen LogP contribution is -2.03. The number of rotatable bonds is 3. The van der Waals surface area contributed by atoms with E-state index in [2.05, 4.69) is 41.2 Å². The fourth-order valence-electron chi connectivity index (χ4n) is 1.79. The van der Waals surface area contributed by atoms with E-state index in [4.69, 9.17) is 0 Å². The molecule has 0 fully saturated rings. The fraction of sp³-hybridized carbons (Fsp3) is 0.0833. The van der Waals surface area contributed by atoms with Gasteiger partial charge in [-0.25, -0.2) is 15.0 Å². The van der Waals surface area contributed by atoms with Crippen molar-refractivity contribution in [2.24, 2.45) is 0 Å². The maximum atomic E-state index is 9.82. The topological polar surface area (TPSA) is 86.7 Å². The Bertz CT molecular complexity index is 707. The Labute approximate surface area is 117 Å². The minimum atomic E-state index is 0.231. The third-order valence-corrected chi connectivity index (χ3v) is 3.49. The van der Waals surface area contributed by atoms with Gasteiger partial charge in [-0.05, 0) is 12.1 Å². The van der Waals surface area contributed by atoms with E-state index in [1.54, 1.807) is 18.5 Å². The summed E-state index contributed by atoms with van der Waals surface area (Å²) >= 11 is 3.41. The SMILES string of the molecule is Oc1cccc(Br)c1CNc1ncnc2[nH]cnc12. The zero-order valence-corrected chi connectivity index (χ0v) is 11.3. The van der Waals surface area contributed by atoms with Gasteiger partial charge in [-0.2, -0.15) is 0 Å². The van der Waals surface area contributed by atoms with Crippen LogP contribution in [0.15, 0.2) is 35.3 Å². The van der Waals surface area contributed by atoms with Crippen molar-refractivity contribution in [1.82, 2.24) is 19.9 Å². The van der Waals surface area contributed by atoms with Crippen molar-refractivity contribution < 1.29 is 5.11 Å². The predicted molar refractivity (Wildman–Crippen MR) is 74.8 cm³/mol. The zero-order valence-electron chi connectivity index (χ0n) is 9.76. The number of hydrogen-bond donors (Lipinski definition) is 3. The molecule has 3 N–H and O–H groups in total. The van der Waals surface area contributed by atoms with Crippen LogP contribution in [0.2, 0.25) is 0 Å². The second-order valence-corrected chi connectivity index (χ2v) is 4.77. The molecule has 0 unspecified atom stereocenters. The van der Waals surface area contributed by atoms with Crippen molar-refractivity contribution in [2.75, 3.05) is 5.32 Å². The molecule has 0 amide bonds. The molecule has 7 heteroatoms. The fourth-order valence-corrected chi connectivity index (χ4v) is 2.28. The van der Waals surface area contributed by atoms with Crippen LogP contribution in [0.4, 0.5) is 5.82 Å². The van der Waals surface area contributed by atoms with Gasteiger partial charge < -0.3 is 15.4 Å². The quantitative estimate of drug-likeness (QED) is 0.690. The molecule has 0 aliphatic rings. The van der Waals surface area contributed by atoms with Gasteiger partial charge in [-0.3, -0.25) is 0 Å². The number of fused-ring (bicyclic) bond motifs is 1. The minimum Gasteiger partial charge on any atom is -0.508 e. The number of nitrogens with zero attached hydrogens (tertiary/aromatic N) is 3. The second kappa shape index (κ2) is 4.85. The molecular formula is C12H10BrN5O. The summed E-state index contributed by atoms with van der Waals surface area (Å²) in [6.45, 7) is 0.437. The van der Waals surface area contributed by atoms with E-state index < -0.39 is 0 Å². The van der Waals surface area contributed by atoms with E-state index in [1.165, 1.54) is 6.33 Å². The first-order valence-corrected chi connectivity index (χ1v) is 6.39. The van der Waals surface area contributed by atoms with Crippen LogP contribution in [0.1, 0.15) is 5.56 Å². The van der Waals surface area contributed by atoms with Crippen LogP contribution < -0.4 is 5.32 Å². The predicted octanol–water partition coefficient (Wildman–Crippen LogP) is 2.43. The van der Waals surface area contributed by atoms with Crippen molar-refractivity contribution in [1.29, 1.82) is 0 Å². The number of phenols is 1. The number of imidazole rings is 1. The smallest absolute Gasteiger partial charge is 0.162 e. The highest BCUT2D eigenvalue weighted by atomic mass is 79.9. The monoisotopic (exact) mass is 319 g/mol. The van der Waals surface area contributed by atoms with E-state index >= 15 is 0 Å². The number of aromatic amines is 1. The summed E-state index contributed by atoms with van der Waals surface area (Å²) in [5.74, 6) is 0.857. The van der Waals surface area contributed by atoms with E-state index in [0.29, 0.717) is 23.5 Å². The van der Waals surface area contributed by atoms with Crippen LogP contribution in [0, 0.1) is 0 Å². The molecule has 0 saturated carbocycles. The molecule has 0 saturated heterocycles. The molecule has 3 rings (SSSR count). The standard InChI is InChI=1S/C12H10BrN5O/c13-8-2-1-3-9(19)7(8)4-14-11-10-12(16-5-15-10)18-6-17-11/h1-3,5-6,19H,4H2,(H2,14,15,16,17,18). The molecule has 2 aromatic heterocycles. The van der Waals surface area contributed by atoms with E-state index in [-0.39, 0.29) is 5.75 Å². The highest BCUT2D eigenvalue weighted by Gasteiger charge is 2.09.